The van der Waals surface area contributed by atoms with Crippen LogP contribution in [-0.4, -0.2) is 28.5 Å². The molecule has 0 bridgehead atoms. The number of benzene rings is 1. The van der Waals surface area contributed by atoms with E-state index in [1.165, 1.54) is 6.92 Å². The van der Waals surface area contributed by atoms with Crippen LogP contribution in [0.1, 0.15) is 42.6 Å². The second kappa shape index (κ2) is 7.17. The third-order valence-corrected chi connectivity index (χ3v) is 4.09. The fourth-order valence-corrected chi connectivity index (χ4v) is 2.37. The van der Waals surface area contributed by atoms with E-state index in [9.17, 15) is 29.2 Å². The molecule has 0 aromatic heterocycles. The lowest BCUT2D eigenvalue weighted by Gasteiger charge is -2.26. The number of carboxylic acids is 1. The molecule has 0 aliphatic rings. The Hall–Kier alpha value is -2.51. The number of nitro groups is 1. The Balaban J connectivity index is 3.12. The van der Waals surface area contributed by atoms with Gasteiger partial charge < -0.3 is 10.4 Å². The number of carboxylic acid groups (broad SMARTS) is 1. The Morgan fingerprint density at radius 1 is 1.35 bits per heavy atom. The van der Waals surface area contributed by atoms with Crippen molar-refractivity contribution in [3.05, 3.63) is 39.2 Å². The molecule has 0 aliphatic carbocycles. The number of hydrogen-bond donors (Lipinski definition) is 2. The summed E-state index contributed by atoms with van der Waals surface area (Å²) >= 11 is 0. The van der Waals surface area contributed by atoms with Gasteiger partial charge in [0, 0.05) is 12.1 Å². The molecule has 7 nitrogen and oxygen atoms in total. The number of hydrogen-bond acceptors (Lipinski definition) is 4. The number of nitro benzene ring substituents is 1. The standard InChI is InChI=1S/C15H19FN2O5/c1-4-15(5-2,14(20)21)8-17-13(19)11-7-10(16)6-9(3)12(11)18(22)23/h6-7H,4-5,8H2,1-3H3,(H,17,19)(H,20,21). The zero-order chi connectivity index (χ0) is 17.8. The van der Waals surface area contributed by atoms with Gasteiger partial charge in [0.25, 0.3) is 11.6 Å². The first-order chi connectivity index (χ1) is 10.7. The van der Waals surface area contributed by atoms with Gasteiger partial charge in [0.1, 0.15) is 11.4 Å². The van der Waals surface area contributed by atoms with E-state index in [4.69, 9.17) is 0 Å². The molecule has 8 heteroatoms. The maximum atomic E-state index is 13.5. The summed E-state index contributed by atoms with van der Waals surface area (Å²) in [6, 6.07) is 1.75. The molecule has 1 aromatic rings. The van der Waals surface area contributed by atoms with E-state index in [0.29, 0.717) is 0 Å². The van der Waals surface area contributed by atoms with Gasteiger partial charge in [0.05, 0.1) is 10.3 Å². The van der Waals surface area contributed by atoms with Crippen LogP contribution in [0, 0.1) is 28.3 Å². The SMILES string of the molecule is CCC(CC)(CNC(=O)c1cc(F)cc(C)c1[N+](=O)[O-])C(=O)O. The molecule has 23 heavy (non-hydrogen) atoms. The Bertz CT molecular complexity index is 641. The zero-order valence-electron chi connectivity index (χ0n) is 13.2. The number of halogens is 1. The first-order valence-electron chi connectivity index (χ1n) is 7.14. The molecule has 1 amide bonds. The average molecular weight is 326 g/mol. The van der Waals surface area contributed by atoms with E-state index in [1.807, 2.05) is 0 Å². The van der Waals surface area contributed by atoms with Gasteiger partial charge in [-0.05, 0) is 31.9 Å². The van der Waals surface area contributed by atoms with Crippen molar-refractivity contribution < 1.29 is 24.0 Å². The van der Waals surface area contributed by atoms with Crippen LogP contribution in [0.5, 0.6) is 0 Å². The molecule has 0 radical (unpaired) electrons. The Morgan fingerprint density at radius 3 is 2.35 bits per heavy atom. The summed E-state index contributed by atoms with van der Waals surface area (Å²) in [5, 5.41) is 22.8. The minimum absolute atomic E-state index is 0.0237. The first kappa shape index (κ1) is 18.5. The summed E-state index contributed by atoms with van der Waals surface area (Å²) in [7, 11) is 0. The molecule has 1 aromatic carbocycles. The van der Waals surface area contributed by atoms with Gasteiger partial charge >= 0.3 is 5.97 Å². The third kappa shape index (κ3) is 3.82. The van der Waals surface area contributed by atoms with E-state index >= 15 is 0 Å². The van der Waals surface area contributed by atoms with E-state index in [2.05, 4.69) is 5.32 Å². The molecule has 0 fully saturated rings. The molecule has 0 saturated heterocycles. The number of nitrogens with one attached hydrogen (secondary N) is 1. The van der Waals surface area contributed by atoms with Crippen LogP contribution in [0.3, 0.4) is 0 Å². The molecule has 0 atom stereocenters. The molecule has 0 unspecified atom stereocenters. The van der Waals surface area contributed by atoms with E-state index < -0.39 is 39.3 Å². The number of aryl methyl sites for hydroxylation is 1. The number of amides is 1. The van der Waals surface area contributed by atoms with E-state index in [0.717, 1.165) is 12.1 Å². The quantitative estimate of drug-likeness (QED) is 0.591. The molecular weight excluding hydrogens is 307 g/mol. The minimum Gasteiger partial charge on any atom is -0.481 e. The van der Waals surface area contributed by atoms with Gasteiger partial charge in [-0.3, -0.25) is 19.7 Å². The zero-order valence-corrected chi connectivity index (χ0v) is 13.2. The van der Waals surface area contributed by atoms with Gasteiger partial charge in [-0.25, -0.2) is 4.39 Å². The minimum atomic E-state index is -1.16. The number of nitrogens with zero attached hydrogens (tertiary/aromatic N) is 1. The highest BCUT2D eigenvalue weighted by Crippen LogP contribution is 2.27. The van der Waals surface area contributed by atoms with Gasteiger partial charge in [-0.2, -0.15) is 0 Å². The number of aliphatic carboxylic acids is 1. The topological polar surface area (TPSA) is 110 Å². The molecule has 2 N–H and O–H groups in total. The molecule has 0 saturated carbocycles. The van der Waals surface area contributed by atoms with Crippen LogP contribution in [0.25, 0.3) is 0 Å². The Kier molecular flexibility index (Phi) is 5.78. The predicted octanol–water partition coefficient (Wildman–Crippen LogP) is 2.66. The summed E-state index contributed by atoms with van der Waals surface area (Å²) in [6.45, 7) is 4.50. The van der Waals surface area contributed by atoms with Crippen LogP contribution in [0.2, 0.25) is 0 Å². The van der Waals surface area contributed by atoms with Crippen LogP contribution in [0.15, 0.2) is 12.1 Å². The number of carbonyl (C=O) groups excluding carboxylic acids is 1. The van der Waals surface area contributed by atoms with Crippen molar-refractivity contribution in [3.63, 3.8) is 0 Å². The monoisotopic (exact) mass is 326 g/mol. The molecule has 0 spiro atoms. The smallest absolute Gasteiger partial charge is 0.311 e. The van der Waals surface area contributed by atoms with Crippen molar-refractivity contribution in [1.29, 1.82) is 0 Å². The van der Waals surface area contributed by atoms with Gasteiger partial charge in [-0.15, -0.1) is 0 Å². The predicted molar refractivity (Wildman–Crippen MR) is 80.8 cm³/mol. The third-order valence-electron chi connectivity index (χ3n) is 4.09. The summed E-state index contributed by atoms with van der Waals surface area (Å²) < 4.78 is 13.5. The van der Waals surface area contributed by atoms with Gasteiger partial charge in [0.2, 0.25) is 0 Å². The highest BCUT2D eigenvalue weighted by molar-refractivity contribution is 5.99. The van der Waals surface area contributed by atoms with Crippen molar-refractivity contribution in [2.45, 2.75) is 33.6 Å². The fraction of sp³-hybridized carbons (Fsp3) is 0.467. The van der Waals surface area contributed by atoms with Crippen LogP contribution >= 0.6 is 0 Å². The Labute approximate surface area is 132 Å². The van der Waals surface area contributed by atoms with Crippen LogP contribution in [0.4, 0.5) is 10.1 Å². The van der Waals surface area contributed by atoms with Crippen molar-refractivity contribution in [1.82, 2.24) is 5.32 Å². The van der Waals surface area contributed by atoms with Crippen molar-refractivity contribution in [2.24, 2.45) is 5.41 Å². The number of rotatable bonds is 7. The van der Waals surface area contributed by atoms with E-state index in [-0.39, 0.29) is 24.9 Å². The summed E-state index contributed by atoms with van der Waals surface area (Å²) in [6.07, 6.45) is 0.562. The second-order valence-electron chi connectivity index (χ2n) is 5.35. The van der Waals surface area contributed by atoms with Crippen molar-refractivity contribution in [3.8, 4) is 0 Å². The summed E-state index contributed by atoms with van der Waals surface area (Å²) in [5.41, 5.74) is -2.04. The highest BCUT2D eigenvalue weighted by atomic mass is 19.1. The second-order valence-corrected chi connectivity index (χ2v) is 5.35. The normalized spacial score (nSPS) is 11.1. The van der Waals surface area contributed by atoms with Crippen molar-refractivity contribution >= 4 is 17.6 Å². The maximum absolute atomic E-state index is 13.5. The van der Waals surface area contributed by atoms with Crippen LogP contribution < -0.4 is 5.32 Å². The lowest BCUT2D eigenvalue weighted by atomic mass is 9.82. The maximum Gasteiger partial charge on any atom is 0.311 e. The lowest BCUT2D eigenvalue weighted by Crippen LogP contribution is -2.42. The lowest BCUT2D eigenvalue weighted by molar-refractivity contribution is -0.385. The summed E-state index contributed by atoms with van der Waals surface area (Å²) in [4.78, 5) is 33.9. The van der Waals surface area contributed by atoms with Crippen molar-refractivity contribution in [2.75, 3.05) is 6.54 Å². The number of carbonyl (C=O) groups is 2. The molecule has 126 valence electrons. The fourth-order valence-electron chi connectivity index (χ4n) is 2.37. The molecule has 0 heterocycles. The highest BCUT2D eigenvalue weighted by Gasteiger charge is 2.36. The average Bonchev–Trinajstić information content (AvgIpc) is 2.46. The largest absolute Gasteiger partial charge is 0.481 e. The first-order valence-corrected chi connectivity index (χ1v) is 7.14. The van der Waals surface area contributed by atoms with Crippen LogP contribution in [-0.2, 0) is 4.79 Å². The van der Waals surface area contributed by atoms with E-state index in [1.54, 1.807) is 13.8 Å². The molecule has 1 rings (SSSR count). The molecular formula is C15H19FN2O5. The van der Waals surface area contributed by atoms with Gasteiger partial charge in [-0.1, -0.05) is 13.8 Å². The van der Waals surface area contributed by atoms with Gasteiger partial charge in [0.15, 0.2) is 0 Å². The Morgan fingerprint density at radius 2 is 1.91 bits per heavy atom. The summed E-state index contributed by atoms with van der Waals surface area (Å²) in [5.74, 6) is -2.70. The molecule has 0 aliphatic heterocycles.